The van der Waals surface area contributed by atoms with Crippen molar-refractivity contribution < 1.29 is 28.1 Å². The van der Waals surface area contributed by atoms with Gasteiger partial charge in [0.1, 0.15) is 0 Å². The van der Waals surface area contributed by atoms with E-state index in [-0.39, 0.29) is 11.1 Å². The molecular formula is C13H13NO6P+. The standard InChI is InChI=1S/C13H13NO6P/c1-3-8(2)13(17)19-21(18)20-14-11(15)9-6-4-5-7-10(9)12(14)16/h4-8H,3H2,1-2H3/q+1. The van der Waals surface area contributed by atoms with Crippen LogP contribution in [0, 0.1) is 5.92 Å². The molecule has 110 valence electrons. The highest BCUT2D eigenvalue weighted by atomic mass is 31.1. The van der Waals surface area contributed by atoms with E-state index in [1.54, 1.807) is 26.0 Å². The summed E-state index contributed by atoms with van der Waals surface area (Å²) in [4.78, 5) is 35.3. The normalized spacial score (nSPS) is 15.7. The van der Waals surface area contributed by atoms with Crippen LogP contribution in [0.25, 0.3) is 0 Å². The summed E-state index contributed by atoms with van der Waals surface area (Å²) in [5.74, 6) is -2.64. The molecule has 7 nitrogen and oxygen atoms in total. The molecule has 1 heterocycles. The van der Waals surface area contributed by atoms with Gasteiger partial charge < -0.3 is 0 Å². The van der Waals surface area contributed by atoms with Crippen LogP contribution in [0.1, 0.15) is 41.0 Å². The molecule has 0 aromatic heterocycles. The molecule has 0 saturated carbocycles. The predicted octanol–water partition coefficient (Wildman–Crippen LogP) is 2.46. The number of imide groups is 1. The fourth-order valence-electron chi connectivity index (χ4n) is 1.65. The largest absolute Gasteiger partial charge is 0.778 e. The van der Waals surface area contributed by atoms with Crippen molar-refractivity contribution in [1.82, 2.24) is 5.06 Å². The van der Waals surface area contributed by atoms with Crippen LogP contribution in [0.2, 0.25) is 0 Å². The second-order valence-corrected chi connectivity index (χ2v) is 5.27. The Morgan fingerprint density at radius 1 is 1.24 bits per heavy atom. The Hall–Kier alpha value is -2.11. The molecular weight excluding hydrogens is 297 g/mol. The first-order valence-corrected chi connectivity index (χ1v) is 7.40. The van der Waals surface area contributed by atoms with E-state index >= 15 is 0 Å². The number of hydrogen-bond acceptors (Lipinski definition) is 6. The van der Waals surface area contributed by atoms with Crippen molar-refractivity contribution in [2.75, 3.05) is 0 Å². The van der Waals surface area contributed by atoms with Crippen LogP contribution in [0.15, 0.2) is 24.3 Å². The molecule has 1 aliphatic heterocycles. The maximum absolute atomic E-state index is 11.9. The summed E-state index contributed by atoms with van der Waals surface area (Å²) in [6.45, 7) is 3.37. The van der Waals surface area contributed by atoms with E-state index in [2.05, 4.69) is 9.15 Å². The summed E-state index contributed by atoms with van der Waals surface area (Å²) >= 11 is 0. The first kappa shape index (κ1) is 15.3. The SMILES string of the molecule is CCC(C)C(=O)O[P+](=O)ON1C(=O)c2ccccc2C1=O. The van der Waals surface area contributed by atoms with Crippen molar-refractivity contribution in [2.45, 2.75) is 20.3 Å². The van der Waals surface area contributed by atoms with E-state index in [9.17, 15) is 18.9 Å². The van der Waals surface area contributed by atoms with Gasteiger partial charge in [-0.05, 0) is 18.6 Å². The predicted molar refractivity (Wildman–Crippen MR) is 71.2 cm³/mol. The van der Waals surface area contributed by atoms with Gasteiger partial charge >= 0.3 is 14.2 Å². The number of hydrogen-bond donors (Lipinski definition) is 0. The summed E-state index contributed by atoms with van der Waals surface area (Å²) in [5.41, 5.74) is 0.304. The molecule has 1 aliphatic rings. The Morgan fingerprint density at radius 3 is 2.24 bits per heavy atom. The summed E-state index contributed by atoms with van der Waals surface area (Å²) in [5, 5.41) is 0.354. The monoisotopic (exact) mass is 310 g/mol. The zero-order valence-corrected chi connectivity index (χ0v) is 12.3. The van der Waals surface area contributed by atoms with Crippen LogP contribution in [-0.4, -0.2) is 22.8 Å². The maximum atomic E-state index is 11.9. The lowest BCUT2D eigenvalue weighted by Gasteiger charge is -2.03. The van der Waals surface area contributed by atoms with Gasteiger partial charge in [-0.25, -0.2) is 4.79 Å². The molecule has 2 amide bonds. The lowest BCUT2D eigenvalue weighted by molar-refractivity contribution is -0.139. The minimum atomic E-state index is -2.94. The average molecular weight is 310 g/mol. The number of rotatable bonds is 5. The van der Waals surface area contributed by atoms with Crippen molar-refractivity contribution in [3.63, 3.8) is 0 Å². The van der Waals surface area contributed by atoms with Gasteiger partial charge in [0.05, 0.1) is 17.0 Å². The second kappa shape index (κ2) is 6.11. The highest BCUT2D eigenvalue weighted by Gasteiger charge is 2.44. The lowest BCUT2D eigenvalue weighted by Crippen LogP contribution is -2.28. The Morgan fingerprint density at radius 2 is 1.76 bits per heavy atom. The molecule has 1 aromatic rings. The first-order valence-electron chi connectivity index (χ1n) is 6.30. The molecule has 0 spiro atoms. The number of fused-ring (bicyclic) bond motifs is 1. The summed E-state index contributed by atoms with van der Waals surface area (Å²) in [6.07, 6.45) is 0.509. The van der Waals surface area contributed by atoms with Crippen molar-refractivity contribution in [2.24, 2.45) is 5.92 Å². The van der Waals surface area contributed by atoms with Gasteiger partial charge in [0, 0.05) is 9.19 Å². The van der Waals surface area contributed by atoms with Gasteiger partial charge in [0.2, 0.25) is 0 Å². The van der Waals surface area contributed by atoms with E-state index in [0.717, 1.165) is 0 Å². The van der Waals surface area contributed by atoms with E-state index in [0.29, 0.717) is 11.5 Å². The van der Waals surface area contributed by atoms with Gasteiger partial charge in [-0.1, -0.05) is 31.0 Å². The van der Waals surface area contributed by atoms with E-state index in [1.807, 2.05) is 0 Å². The molecule has 0 radical (unpaired) electrons. The fraction of sp³-hybridized carbons (Fsp3) is 0.308. The third-order valence-corrected chi connectivity index (χ3v) is 3.71. The number of carbonyl (C=O) groups is 3. The summed E-state index contributed by atoms with van der Waals surface area (Å²) < 4.78 is 20.9. The molecule has 0 saturated heterocycles. The van der Waals surface area contributed by atoms with Crippen LogP contribution in [0.4, 0.5) is 0 Å². The van der Waals surface area contributed by atoms with Crippen molar-refractivity contribution in [1.29, 1.82) is 0 Å². The third kappa shape index (κ3) is 2.99. The Labute approximate surface area is 121 Å². The average Bonchev–Trinajstić information content (AvgIpc) is 2.72. The van der Waals surface area contributed by atoms with Gasteiger partial charge in [-0.15, -0.1) is 0 Å². The fourth-order valence-corrected chi connectivity index (χ4v) is 2.30. The van der Waals surface area contributed by atoms with E-state index in [4.69, 9.17) is 0 Å². The highest BCUT2D eigenvalue weighted by Crippen LogP contribution is 2.32. The van der Waals surface area contributed by atoms with Crippen LogP contribution in [-0.2, 0) is 18.5 Å². The van der Waals surface area contributed by atoms with Crippen LogP contribution in [0.5, 0.6) is 0 Å². The Balaban J connectivity index is 2.05. The Kier molecular flexibility index (Phi) is 4.45. The minimum absolute atomic E-state index is 0.152. The molecule has 2 rings (SSSR count). The topological polar surface area (TPSA) is 90.0 Å². The minimum Gasteiger partial charge on any atom is -0.266 e. The number of benzene rings is 1. The first-order chi connectivity index (χ1) is 9.95. The molecule has 0 fully saturated rings. The molecule has 2 unspecified atom stereocenters. The number of amides is 2. The van der Waals surface area contributed by atoms with Crippen LogP contribution >= 0.6 is 8.25 Å². The molecule has 0 aliphatic carbocycles. The zero-order valence-electron chi connectivity index (χ0n) is 11.4. The van der Waals surface area contributed by atoms with Crippen molar-refractivity contribution in [3.8, 4) is 0 Å². The lowest BCUT2D eigenvalue weighted by atomic mass is 10.1. The van der Waals surface area contributed by atoms with E-state index in [1.165, 1.54) is 12.1 Å². The molecule has 0 N–H and O–H groups in total. The zero-order chi connectivity index (χ0) is 15.6. The summed E-state index contributed by atoms with van der Waals surface area (Å²) in [6, 6.07) is 6.10. The smallest absolute Gasteiger partial charge is 0.266 e. The Bertz CT molecular complexity index is 594. The van der Waals surface area contributed by atoms with Crippen molar-refractivity contribution >= 4 is 26.0 Å². The second-order valence-electron chi connectivity index (χ2n) is 4.48. The van der Waals surface area contributed by atoms with Crippen LogP contribution < -0.4 is 0 Å². The van der Waals surface area contributed by atoms with Gasteiger partial charge in [0.15, 0.2) is 0 Å². The number of carbonyl (C=O) groups excluding carboxylic acids is 3. The number of nitrogens with zero attached hydrogens (tertiary/aromatic N) is 1. The van der Waals surface area contributed by atoms with Crippen LogP contribution in [0.3, 0.4) is 0 Å². The van der Waals surface area contributed by atoms with Gasteiger partial charge in [-0.2, -0.15) is 4.52 Å². The quantitative estimate of drug-likeness (QED) is 0.613. The summed E-state index contributed by atoms with van der Waals surface area (Å²) in [7, 11) is -2.94. The van der Waals surface area contributed by atoms with Crippen molar-refractivity contribution in [3.05, 3.63) is 35.4 Å². The maximum Gasteiger partial charge on any atom is 0.778 e. The molecule has 2 atom stereocenters. The van der Waals surface area contributed by atoms with Gasteiger partial charge in [0.25, 0.3) is 11.8 Å². The van der Waals surface area contributed by atoms with Gasteiger partial charge in [-0.3, -0.25) is 9.59 Å². The molecule has 21 heavy (non-hydrogen) atoms. The van der Waals surface area contributed by atoms with E-state index < -0.39 is 32.0 Å². The third-order valence-electron chi connectivity index (χ3n) is 3.08. The molecule has 1 aromatic carbocycles. The molecule has 0 bridgehead atoms. The molecule has 8 heteroatoms. The highest BCUT2D eigenvalue weighted by molar-refractivity contribution is 7.34. The number of hydroxylamine groups is 2.